The summed E-state index contributed by atoms with van der Waals surface area (Å²) in [4.78, 5) is 24.9. The zero-order valence-electron chi connectivity index (χ0n) is 18.0. The summed E-state index contributed by atoms with van der Waals surface area (Å²) < 4.78 is 1.42. The SMILES string of the molecule is Cc1ccc(CNC(=O)n2nc(-c3ccc(NC(=O)C4CC4)cc3O)cc2C2CC2)cc1. The van der Waals surface area contributed by atoms with E-state index in [1.54, 1.807) is 12.1 Å². The Morgan fingerprint density at radius 1 is 1.06 bits per heavy atom. The summed E-state index contributed by atoms with van der Waals surface area (Å²) in [5.41, 5.74) is 4.67. The monoisotopic (exact) mass is 430 g/mol. The Labute approximate surface area is 186 Å². The lowest BCUT2D eigenvalue weighted by Crippen LogP contribution is -2.30. The van der Waals surface area contributed by atoms with Gasteiger partial charge in [0.2, 0.25) is 5.91 Å². The van der Waals surface area contributed by atoms with E-state index in [1.165, 1.54) is 16.3 Å². The third-order valence-electron chi connectivity index (χ3n) is 5.98. The first-order chi connectivity index (χ1) is 15.5. The van der Waals surface area contributed by atoms with Crippen molar-refractivity contribution in [3.8, 4) is 17.0 Å². The third kappa shape index (κ3) is 4.37. The number of carbonyl (C=O) groups excluding carboxylic acids is 2. The first-order valence-corrected chi connectivity index (χ1v) is 11.1. The van der Waals surface area contributed by atoms with Gasteiger partial charge in [-0.1, -0.05) is 29.8 Å². The Morgan fingerprint density at radius 3 is 2.47 bits per heavy atom. The number of nitrogens with zero attached hydrogens (tertiary/aromatic N) is 2. The van der Waals surface area contributed by atoms with Gasteiger partial charge in [-0.15, -0.1) is 0 Å². The molecule has 164 valence electrons. The molecule has 5 rings (SSSR count). The Kier molecular flexibility index (Phi) is 5.17. The maximum absolute atomic E-state index is 12.9. The number of aromatic hydroxyl groups is 1. The fourth-order valence-corrected chi connectivity index (χ4v) is 3.73. The molecule has 7 heteroatoms. The molecular weight excluding hydrogens is 404 g/mol. The first-order valence-electron chi connectivity index (χ1n) is 11.1. The fourth-order valence-electron chi connectivity index (χ4n) is 3.73. The number of benzene rings is 2. The van der Waals surface area contributed by atoms with Crippen LogP contribution >= 0.6 is 0 Å². The van der Waals surface area contributed by atoms with Gasteiger partial charge in [-0.05, 0) is 56.4 Å². The molecule has 2 saturated carbocycles. The van der Waals surface area contributed by atoms with E-state index >= 15 is 0 Å². The molecule has 0 bridgehead atoms. The smallest absolute Gasteiger partial charge is 0.342 e. The molecule has 0 atom stereocenters. The normalized spacial score (nSPS) is 15.4. The molecule has 2 aromatic carbocycles. The zero-order valence-corrected chi connectivity index (χ0v) is 18.0. The number of phenols is 1. The first kappa shape index (κ1) is 20.3. The van der Waals surface area contributed by atoms with Crippen molar-refractivity contribution in [1.29, 1.82) is 0 Å². The van der Waals surface area contributed by atoms with Gasteiger partial charge in [0.25, 0.3) is 0 Å². The summed E-state index contributed by atoms with van der Waals surface area (Å²) >= 11 is 0. The molecular formula is C25H26N4O3. The topological polar surface area (TPSA) is 96.3 Å². The minimum absolute atomic E-state index is 0.0114. The number of hydrogen-bond acceptors (Lipinski definition) is 4. The molecule has 0 unspecified atom stereocenters. The van der Waals surface area contributed by atoms with E-state index in [-0.39, 0.29) is 23.6 Å². The quantitative estimate of drug-likeness (QED) is 0.535. The average Bonchev–Trinajstić information content (AvgIpc) is 3.70. The maximum atomic E-state index is 12.9. The lowest BCUT2D eigenvalue weighted by molar-refractivity contribution is -0.117. The van der Waals surface area contributed by atoms with E-state index in [1.807, 2.05) is 37.3 Å². The minimum Gasteiger partial charge on any atom is -0.507 e. The second kappa shape index (κ2) is 8.15. The summed E-state index contributed by atoms with van der Waals surface area (Å²) in [5, 5.41) is 20.9. The lowest BCUT2D eigenvalue weighted by Gasteiger charge is -2.08. The molecule has 3 N–H and O–H groups in total. The van der Waals surface area contributed by atoms with Crippen molar-refractivity contribution in [3.05, 3.63) is 65.4 Å². The number of aryl methyl sites for hydroxylation is 1. The molecule has 1 aromatic heterocycles. The molecule has 0 radical (unpaired) electrons. The van der Waals surface area contributed by atoms with Gasteiger partial charge in [-0.3, -0.25) is 4.79 Å². The number of aromatic nitrogens is 2. The Bertz CT molecular complexity index is 1170. The van der Waals surface area contributed by atoms with Gasteiger partial charge in [0.1, 0.15) is 5.75 Å². The van der Waals surface area contributed by atoms with Crippen LogP contribution in [0, 0.1) is 12.8 Å². The molecule has 2 fully saturated rings. The van der Waals surface area contributed by atoms with Crippen LogP contribution in [0.1, 0.15) is 48.4 Å². The zero-order chi connectivity index (χ0) is 22.2. The van der Waals surface area contributed by atoms with E-state index in [0.29, 0.717) is 29.4 Å². The van der Waals surface area contributed by atoms with Crippen molar-refractivity contribution in [1.82, 2.24) is 15.1 Å². The van der Waals surface area contributed by atoms with Gasteiger partial charge in [0.15, 0.2) is 0 Å². The summed E-state index contributed by atoms with van der Waals surface area (Å²) in [6.45, 7) is 2.44. The molecule has 0 aliphatic heterocycles. The van der Waals surface area contributed by atoms with Gasteiger partial charge in [0.05, 0.1) is 11.4 Å². The number of hydrogen-bond donors (Lipinski definition) is 3. The highest BCUT2D eigenvalue weighted by molar-refractivity contribution is 5.94. The number of amides is 2. The highest BCUT2D eigenvalue weighted by atomic mass is 16.3. The van der Waals surface area contributed by atoms with Crippen molar-refractivity contribution in [2.24, 2.45) is 5.92 Å². The van der Waals surface area contributed by atoms with E-state index < -0.39 is 0 Å². The summed E-state index contributed by atoms with van der Waals surface area (Å²) in [5.74, 6) is 0.404. The van der Waals surface area contributed by atoms with Gasteiger partial charge in [-0.25, -0.2) is 4.79 Å². The van der Waals surface area contributed by atoms with Gasteiger partial charge in [-0.2, -0.15) is 9.78 Å². The lowest BCUT2D eigenvalue weighted by atomic mass is 10.1. The van der Waals surface area contributed by atoms with Crippen LogP contribution in [0.5, 0.6) is 5.75 Å². The Hall–Kier alpha value is -3.61. The van der Waals surface area contributed by atoms with Crippen LogP contribution in [0.2, 0.25) is 0 Å². The van der Waals surface area contributed by atoms with Crippen LogP contribution in [-0.4, -0.2) is 26.8 Å². The molecule has 1 heterocycles. The fraction of sp³-hybridized carbons (Fsp3) is 0.320. The highest BCUT2D eigenvalue weighted by Crippen LogP contribution is 2.42. The Morgan fingerprint density at radius 2 is 1.81 bits per heavy atom. The third-order valence-corrected chi connectivity index (χ3v) is 5.98. The van der Waals surface area contributed by atoms with Crippen LogP contribution in [0.25, 0.3) is 11.3 Å². The second-order valence-corrected chi connectivity index (χ2v) is 8.78. The largest absolute Gasteiger partial charge is 0.507 e. The predicted octanol–water partition coefficient (Wildman–Crippen LogP) is 4.55. The number of carbonyl (C=O) groups is 2. The molecule has 2 aliphatic rings. The molecule has 7 nitrogen and oxygen atoms in total. The minimum atomic E-state index is -0.286. The highest BCUT2D eigenvalue weighted by Gasteiger charge is 2.31. The van der Waals surface area contributed by atoms with E-state index in [2.05, 4.69) is 15.7 Å². The predicted molar refractivity (Wildman–Crippen MR) is 121 cm³/mol. The summed E-state index contributed by atoms with van der Waals surface area (Å²) in [6, 6.07) is 14.6. The van der Waals surface area contributed by atoms with E-state index in [9.17, 15) is 14.7 Å². The van der Waals surface area contributed by atoms with Gasteiger partial charge in [0, 0.05) is 35.7 Å². The van der Waals surface area contributed by atoms with Crippen molar-refractivity contribution >= 4 is 17.6 Å². The van der Waals surface area contributed by atoms with Crippen LogP contribution in [-0.2, 0) is 11.3 Å². The maximum Gasteiger partial charge on any atom is 0.342 e. The summed E-state index contributed by atoms with van der Waals surface area (Å²) in [6.07, 6.45) is 3.88. The van der Waals surface area contributed by atoms with Crippen molar-refractivity contribution in [3.63, 3.8) is 0 Å². The molecule has 2 aliphatic carbocycles. The second-order valence-electron chi connectivity index (χ2n) is 8.78. The van der Waals surface area contributed by atoms with Gasteiger partial charge >= 0.3 is 6.03 Å². The van der Waals surface area contributed by atoms with Crippen molar-refractivity contribution < 1.29 is 14.7 Å². The number of anilines is 1. The van der Waals surface area contributed by atoms with Crippen LogP contribution in [0.4, 0.5) is 10.5 Å². The molecule has 0 saturated heterocycles. The Balaban J connectivity index is 1.35. The molecule has 0 spiro atoms. The van der Waals surface area contributed by atoms with Crippen molar-refractivity contribution in [2.75, 3.05) is 5.32 Å². The molecule has 3 aromatic rings. The molecule has 2 amide bonds. The van der Waals surface area contributed by atoms with Crippen molar-refractivity contribution in [2.45, 2.75) is 45.1 Å². The van der Waals surface area contributed by atoms with Crippen LogP contribution < -0.4 is 10.6 Å². The number of rotatable bonds is 6. The number of phenolic OH excluding ortho intramolecular Hbond substituents is 1. The average molecular weight is 431 g/mol. The van der Waals surface area contributed by atoms with E-state index in [0.717, 1.165) is 36.9 Å². The number of nitrogens with one attached hydrogen (secondary N) is 2. The summed E-state index contributed by atoms with van der Waals surface area (Å²) in [7, 11) is 0. The molecule has 32 heavy (non-hydrogen) atoms. The van der Waals surface area contributed by atoms with Crippen LogP contribution in [0.3, 0.4) is 0 Å². The van der Waals surface area contributed by atoms with Crippen LogP contribution in [0.15, 0.2) is 48.5 Å². The van der Waals surface area contributed by atoms with Gasteiger partial charge < -0.3 is 15.7 Å². The van der Waals surface area contributed by atoms with E-state index in [4.69, 9.17) is 0 Å². The standard InChI is InChI=1S/C25H26N4O3/c1-15-2-4-16(5-3-15)14-26-25(32)29-22(17-6-7-17)13-21(28-29)20-11-10-19(12-23(20)30)27-24(31)18-8-9-18/h2-5,10-13,17-18,30H,6-9,14H2,1H3,(H,26,32)(H,27,31).